The van der Waals surface area contributed by atoms with Crippen LogP contribution in [0.5, 0.6) is 0 Å². The van der Waals surface area contributed by atoms with Gasteiger partial charge in [0.25, 0.3) is 0 Å². The summed E-state index contributed by atoms with van der Waals surface area (Å²) in [4.78, 5) is 23.0. The Hall–Kier alpha value is -0.660. The van der Waals surface area contributed by atoms with Gasteiger partial charge in [0.2, 0.25) is 0 Å². The summed E-state index contributed by atoms with van der Waals surface area (Å²) in [6.45, 7) is 4.01. The number of rotatable bonds is 4. The molecular weight excluding hydrogens is 176 g/mol. The Morgan fingerprint density at radius 1 is 1.43 bits per heavy atom. The van der Waals surface area contributed by atoms with E-state index in [9.17, 15) is 9.59 Å². The molecule has 0 saturated heterocycles. The Bertz CT molecular complexity index is 212. The lowest BCUT2D eigenvalue weighted by molar-refractivity contribution is -0.135. The van der Waals surface area contributed by atoms with Gasteiger partial charge in [-0.1, -0.05) is 26.7 Å². The molecule has 0 aromatic heterocycles. The molecule has 1 fully saturated rings. The predicted molar refractivity (Wildman–Crippen MR) is 56.0 cm³/mol. The van der Waals surface area contributed by atoms with Gasteiger partial charge in [-0.2, -0.15) is 0 Å². The monoisotopic (exact) mass is 196 g/mol. The van der Waals surface area contributed by atoms with E-state index in [0.29, 0.717) is 18.8 Å². The van der Waals surface area contributed by atoms with E-state index < -0.39 is 0 Å². The summed E-state index contributed by atoms with van der Waals surface area (Å²) in [5, 5.41) is 0. The van der Waals surface area contributed by atoms with Gasteiger partial charge in [-0.15, -0.1) is 0 Å². The molecule has 1 saturated carbocycles. The van der Waals surface area contributed by atoms with Crippen LogP contribution in [0.1, 0.15) is 52.4 Å². The van der Waals surface area contributed by atoms with Gasteiger partial charge in [-0.3, -0.25) is 9.59 Å². The zero-order valence-corrected chi connectivity index (χ0v) is 9.21. The lowest BCUT2D eigenvalue weighted by Crippen LogP contribution is -2.30. The molecule has 0 aliphatic heterocycles. The molecule has 1 rings (SSSR count). The zero-order valence-electron chi connectivity index (χ0n) is 9.21. The number of Topliss-reactive ketones (excluding diaryl/α,β-unsaturated/α-hetero) is 2. The van der Waals surface area contributed by atoms with Gasteiger partial charge in [0.15, 0.2) is 0 Å². The van der Waals surface area contributed by atoms with E-state index >= 15 is 0 Å². The van der Waals surface area contributed by atoms with Gasteiger partial charge < -0.3 is 0 Å². The molecule has 1 aliphatic rings. The van der Waals surface area contributed by atoms with E-state index in [4.69, 9.17) is 0 Å². The highest BCUT2D eigenvalue weighted by Crippen LogP contribution is 2.30. The van der Waals surface area contributed by atoms with E-state index in [0.717, 1.165) is 19.3 Å². The van der Waals surface area contributed by atoms with E-state index in [1.165, 1.54) is 6.42 Å². The SMILES string of the molecule is CCCC1CCC(=O)C(C(=O)CC)C1. The fraction of sp³-hybridized carbons (Fsp3) is 0.833. The van der Waals surface area contributed by atoms with Gasteiger partial charge in [-0.25, -0.2) is 0 Å². The van der Waals surface area contributed by atoms with E-state index in [-0.39, 0.29) is 17.5 Å². The molecule has 0 aromatic carbocycles. The minimum atomic E-state index is -0.259. The number of hydrogen-bond acceptors (Lipinski definition) is 2. The van der Waals surface area contributed by atoms with Crippen LogP contribution in [-0.2, 0) is 9.59 Å². The molecule has 2 unspecified atom stereocenters. The van der Waals surface area contributed by atoms with Gasteiger partial charge in [0.1, 0.15) is 11.6 Å². The van der Waals surface area contributed by atoms with Crippen molar-refractivity contribution in [2.45, 2.75) is 52.4 Å². The van der Waals surface area contributed by atoms with Crippen LogP contribution in [0.3, 0.4) is 0 Å². The Balaban J connectivity index is 2.55. The summed E-state index contributed by atoms with van der Waals surface area (Å²) in [7, 11) is 0. The van der Waals surface area contributed by atoms with Crippen molar-refractivity contribution in [2.24, 2.45) is 11.8 Å². The average Bonchev–Trinajstić information content (AvgIpc) is 2.20. The summed E-state index contributed by atoms with van der Waals surface area (Å²) in [6, 6.07) is 0. The van der Waals surface area contributed by atoms with Crippen LogP contribution >= 0.6 is 0 Å². The lowest BCUT2D eigenvalue weighted by atomic mass is 9.76. The summed E-state index contributed by atoms with van der Waals surface area (Å²) < 4.78 is 0. The molecule has 0 radical (unpaired) electrons. The number of carbonyl (C=O) groups is 2. The molecule has 2 nitrogen and oxygen atoms in total. The Morgan fingerprint density at radius 2 is 2.14 bits per heavy atom. The topological polar surface area (TPSA) is 34.1 Å². The molecule has 0 N–H and O–H groups in total. The second-order valence-electron chi connectivity index (χ2n) is 4.27. The molecule has 1 aliphatic carbocycles. The second-order valence-corrected chi connectivity index (χ2v) is 4.27. The summed E-state index contributed by atoms with van der Waals surface area (Å²) in [5.41, 5.74) is 0. The molecule has 0 bridgehead atoms. The normalized spacial score (nSPS) is 27.7. The molecular formula is C12H20O2. The Kier molecular flexibility index (Phi) is 4.30. The van der Waals surface area contributed by atoms with Crippen molar-refractivity contribution >= 4 is 11.6 Å². The van der Waals surface area contributed by atoms with Crippen molar-refractivity contribution in [1.29, 1.82) is 0 Å². The highest BCUT2D eigenvalue weighted by Gasteiger charge is 2.32. The third kappa shape index (κ3) is 2.66. The van der Waals surface area contributed by atoms with Crippen LogP contribution in [0.15, 0.2) is 0 Å². The van der Waals surface area contributed by atoms with E-state index in [2.05, 4.69) is 6.92 Å². The molecule has 2 atom stereocenters. The number of hydrogen-bond donors (Lipinski definition) is 0. The quantitative estimate of drug-likeness (QED) is 0.648. The van der Waals surface area contributed by atoms with Crippen molar-refractivity contribution in [2.75, 3.05) is 0 Å². The van der Waals surface area contributed by atoms with E-state index in [1.54, 1.807) is 0 Å². The minimum absolute atomic E-state index is 0.149. The van der Waals surface area contributed by atoms with Gasteiger partial charge in [0.05, 0.1) is 5.92 Å². The van der Waals surface area contributed by atoms with Crippen LogP contribution in [-0.4, -0.2) is 11.6 Å². The fourth-order valence-corrected chi connectivity index (χ4v) is 2.33. The third-order valence-electron chi connectivity index (χ3n) is 3.19. The highest BCUT2D eigenvalue weighted by atomic mass is 16.1. The minimum Gasteiger partial charge on any atom is -0.299 e. The molecule has 2 heteroatoms. The van der Waals surface area contributed by atoms with Crippen molar-refractivity contribution in [3.05, 3.63) is 0 Å². The summed E-state index contributed by atoms with van der Waals surface area (Å²) in [5.74, 6) is 0.684. The second kappa shape index (κ2) is 5.28. The smallest absolute Gasteiger partial charge is 0.143 e. The van der Waals surface area contributed by atoms with Crippen LogP contribution in [0.25, 0.3) is 0 Å². The molecule has 0 amide bonds. The van der Waals surface area contributed by atoms with Crippen molar-refractivity contribution < 1.29 is 9.59 Å². The third-order valence-corrected chi connectivity index (χ3v) is 3.19. The first-order chi connectivity index (χ1) is 6.69. The number of ketones is 2. The molecule has 80 valence electrons. The first kappa shape index (κ1) is 11.4. The maximum absolute atomic E-state index is 11.5. The standard InChI is InChI=1S/C12H20O2/c1-3-5-9-6-7-12(14)10(8-9)11(13)4-2/h9-10H,3-8H2,1-2H3. The predicted octanol–water partition coefficient (Wildman–Crippen LogP) is 2.75. The summed E-state index contributed by atoms with van der Waals surface area (Å²) >= 11 is 0. The Labute approximate surface area is 86.1 Å². The lowest BCUT2D eigenvalue weighted by Gasteiger charge is -2.26. The van der Waals surface area contributed by atoms with Crippen molar-refractivity contribution in [1.82, 2.24) is 0 Å². The largest absolute Gasteiger partial charge is 0.299 e. The molecule has 0 aromatic rings. The molecule has 14 heavy (non-hydrogen) atoms. The maximum Gasteiger partial charge on any atom is 0.143 e. The molecule has 0 spiro atoms. The summed E-state index contributed by atoms with van der Waals surface area (Å²) in [6.07, 6.45) is 5.28. The van der Waals surface area contributed by atoms with Crippen LogP contribution in [0.4, 0.5) is 0 Å². The van der Waals surface area contributed by atoms with Crippen LogP contribution in [0.2, 0.25) is 0 Å². The zero-order chi connectivity index (χ0) is 10.6. The van der Waals surface area contributed by atoms with Crippen molar-refractivity contribution in [3.63, 3.8) is 0 Å². The van der Waals surface area contributed by atoms with E-state index in [1.807, 2.05) is 6.92 Å². The Morgan fingerprint density at radius 3 is 2.71 bits per heavy atom. The van der Waals surface area contributed by atoms with Gasteiger partial charge >= 0.3 is 0 Å². The average molecular weight is 196 g/mol. The highest BCUT2D eigenvalue weighted by molar-refractivity contribution is 6.02. The van der Waals surface area contributed by atoms with Gasteiger partial charge in [-0.05, 0) is 18.8 Å². The van der Waals surface area contributed by atoms with Crippen LogP contribution < -0.4 is 0 Å². The maximum atomic E-state index is 11.5. The van der Waals surface area contributed by atoms with Crippen molar-refractivity contribution in [3.8, 4) is 0 Å². The fourth-order valence-electron chi connectivity index (χ4n) is 2.33. The first-order valence-corrected chi connectivity index (χ1v) is 5.74. The number of carbonyl (C=O) groups excluding carboxylic acids is 2. The first-order valence-electron chi connectivity index (χ1n) is 5.74. The van der Waals surface area contributed by atoms with Crippen LogP contribution in [0, 0.1) is 11.8 Å². The van der Waals surface area contributed by atoms with Gasteiger partial charge in [0, 0.05) is 12.8 Å². The molecule has 0 heterocycles.